The first-order valence-electron chi connectivity index (χ1n) is 2.76. The highest BCUT2D eigenvalue weighted by Gasteiger charge is 2.23. The smallest absolute Gasteiger partial charge is 0.155 e. The van der Waals surface area contributed by atoms with Gasteiger partial charge in [0.25, 0.3) is 0 Å². The lowest BCUT2D eigenvalue weighted by Crippen LogP contribution is -1.99. The lowest BCUT2D eigenvalue weighted by atomic mass is 10.5. The first-order valence-corrected chi connectivity index (χ1v) is 4.00. The fourth-order valence-electron chi connectivity index (χ4n) is 0.545. The third-order valence-electron chi connectivity index (χ3n) is 1.25. The molecule has 0 bridgehead atoms. The topological polar surface area (TPSA) is 26.3 Å². The molecular formula is C6H14O2S. The van der Waals surface area contributed by atoms with E-state index in [0.717, 1.165) is 5.75 Å². The van der Waals surface area contributed by atoms with Crippen molar-refractivity contribution in [2.45, 2.75) is 20.3 Å². The Morgan fingerprint density at radius 3 is 2.56 bits per heavy atom. The Labute approximate surface area is 59.3 Å². The van der Waals surface area contributed by atoms with Crippen LogP contribution in [0.4, 0.5) is 0 Å². The van der Waals surface area contributed by atoms with Gasteiger partial charge in [-0.3, -0.25) is 4.18 Å². The summed E-state index contributed by atoms with van der Waals surface area (Å²) in [6.45, 7) is 0. The van der Waals surface area contributed by atoms with Crippen molar-refractivity contribution in [2.75, 3.05) is 12.9 Å². The van der Waals surface area contributed by atoms with Crippen LogP contribution in [-0.4, -0.2) is 17.1 Å². The van der Waals surface area contributed by atoms with E-state index in [1.54, 1.807) is 0 Å². The zero-order valence-corrected chi connectivity index (χ0v) is 5.74. The van der Waals surface area contributed by atoms with Gasteiger partial charge in [0, 0.05) is 0 Å². The van der Waals surface area contributed by atoms with Crippen LogP contribution in [0.15, 0.2) is 0 Å². The molecule has 0 heterocycles. The van der Waals surface area contributed by atoms with Gasteiger partial charge >= 0.3 is 0 Å². The second-order valence-electron chi connectivity index (χ2n) is 2.08. The zero-order valence-electron chi connectivity index (χ0n) is 4.92. The summed E-state index contributed by atoms with van der Waals surface area (Å²) in [4.78, 5) is 0. The van der Waals surface area contributed by atoms with Crippen LogP contribution in [0, 0.1) is 5.92 Å². The molecular weight excluding hydrogens is 136 g/mol. The Kier molecular flexibility index (Phi) is 4.06. The third-order valence-corrected chi connectivity index (χ3v) is 2.37. The Hall–Kier alpha value is 0.110. The molecule has 1 aliphatic rings. The minimum atomic E-state index is -0.995. The van der Waals surface area contributed by atoms with Crippen LogP contribution in [0.2, 0.25) is 0 Å². The molecule has 56 valence electrons. The molecule has 0 spiro atoms. The van der Waals surface area contributed by atoms with Gasteiger partial charge in [-0.15, -0.1) is 0 Å². The molecule has 1 fully saturated rings. The maximum absolute atomic E-state index is 10.6. The number of hydrogen-bond donors (Lipinski definition) is 0. The van der Waals surface area contributed by atoms with Gasteiger partial charge in [0.1, 0.15) is 0 Å². The van der Waals surface area contributed by atoms with Crippen LogP contribution in [0.1, 0.15) is 20.3 Å². The third kappa shape index (κ3) is 3.65. The van der Waals surface area contributed by atoms with E-state index >= 15 is 0 Å². The molecule has 0 aromatic heterocycles. The predicted molar refractivity (Wildman–Crippen MR) is 39.5 cm³/mol. The zero-order chi connectivity index (χ0) is 5.98. The van der Waals surface area contributed by atoms with Crippen molar-refractivity contribution >= 4 is 11.1 Å². The summed E-state index contributed by atoms with van der Waals surface area (Å²) in [7, 11) is 1.48. The van der Waals surface area contributed by atoms with E-state index < -0.39 is 11.1 Å². The van der Waals surface area contributed by atoms with E-state index in [2.05, 4.69) is 4.18 Å². The summed E-state index contributed by atoms with van der Waals surface area (Å²) >= 11 is -0.995. The molecule has 0 saturated heterocycles. The van der Waals surface area contributed by atoms with Gasteiger partial charge in [0.2, 0.25) is 0 Å². The van der Waals surface area contributed by atoms with Crippen LogP contribution in [0.25, 0.3) is 0 Å². The summed E-state index contributed by atoms with van der Waals surface area (Å²) in [5, 5.41) is 0. The van der Waals surface area contributed by atoms with Gasteiger partial charge in [0.05, 0.1) is 12.9 Å². The van der Waals surface area contributed by atoms with Crippen LogP contribution < -0.4 is 0 Å². The molecule has 0 amide bonds. The van der Waals surface area contributed by atoms with Gasteiger partial charge in [-0.05, 0) is 18.8 Å². The van der Waals surface area contributed by atoms with Crippen molar-refractivity contribution in [3.05, 3.63) is 0 Å². The van der Waals surface area contributed by atoms with Gasteiger partial charge in [-0.25, -0.2) is 4.21 Å². The normalized spacial score (nSPS) is 20.6. The fourth-order valence-corrected chi connectivity index (χ4v) is 1.40. The molecule has 0 aromatic carbocycles. The van der Waals surface area contributed by atoms with Crippen molar-refractivity contribution in [3.8, 4) is 0 Å². The molecule has 1 rings (SSSR count). The lowest BCUT2D eigenvalue weighted by Gasteiger charge is -1.92. The molecule has 9 heavy (non-hydrogen) atoms. The maximum Gasteiger partial charge on any atom is 0.155 e. The first-order chi connectivity index (χ1) is 3.83. The van der Waals surface area contributed by atoms with Gasteiger partial charge in [-0.1, -0.05) is 7.43 Å². The lowest BCUT2D eigenvalue weighted by molar-refractivity contribution is 0.444. The summed E-state index contributed by atoms with van der Waals surface area (Å²) in [5.74, 6) is 1.45. The Balaban J connectivity index is 0.000000640. The van der Waals surface area contributed by atoms with Gasteiger partial charge < -0.3 is 0 Å². The highest BCUT2D eigenvalue weighted by Crippen LogP contribution is 2.29. The Morgan fingerprint density at radius 2 is 2.22 bits per heavy atom. The summed E-state index contributed by atoms with van der Waals surface area (Å²) in [5.41, 5.74) is 0. The average Bonchev–Trinajstić information content (AvgIpc) is 2.50. The maximum atomic E-state index is 10.6. The van der Waals surface area contributed by atoms with Crippen molar-refractivity contribution in [1.82, 2.24) is 0 Å². The predicted octanol–water partition coefficient (Wildman–Crippen LogP) is 1.34. The van der Waals surface area contributed by atoms with E-state index in [0.29, 0.717) is 5.92 Å². The summed E-state index contributed by atoms with van der Waals surface area (Å²) < 4.78 is 15.1. The minimum absolute atomic E-state index is 0. The largest absolute Gasteiger partial charge is 0.294 e. The van der Waals surface area contributed by atoms with Crippen molar-refractivity contribution in [3.63, 3.8) is 0 Å². The van der Waals surface area contributed by atoms with E-state index in [1.165, 1.54) is 20.0 Å². The van der Waals surface area contributed by atoms with E-state index in [4.69, 9.17) is 0 Å². The average molecular weight is 150 g/mol. The highest BCUT2D eigenvalue weighted by molar-refractivity contribution is 7.80. The molecule has 0 aliphatic heterocycles. The second kappa shape index (κ2) is 4.01. The summed E-state index contributed by atoms with van der Waals surface area (Å²) in [6.07, 6.45) is 2.49. The summed E-state index contributed by atoms with van der Waals surface area (Å²) in [6, 6.07) is 0. The van der Waals surface area contributed by atoms with Crippen LogP contribution in [0.5, 0.6) is 0 Å². The first kappa shape index (κ1) is 9.11. The molecule has 0 radical (unpaired) electrons. The Morgan fingerprint density at radius 1 is 1.67 bits per heavy atom. The Bertz CT molecular complexity index is 99.2. The van der Waals surface area contributed by atoms with Gasteiger partial charge in [0.15, 0.2) is 11.1 Å². The molecule has 0 N–H and O–H groups in total. The molecule has 2 nitrogen and oxygen atoms in total. The van der Waals surface area contributed by atoms with E-state index in [9.17, 15) is 4.21 Å². The molecule has 0 aromatic rings. The fraction of sp³-hybridized carbons (Fsp3) is 1.00. The molecule has 3 heteroatoms. The number of hydrogen-bond acceptors (Lipinski definition) is 2. The van der Waals surface area contributed by atoms with Crippen LogP contribution >= 0.6 is 0 Å². The highest BCUT2D eigenvalue weighted by atomic mass is 32.2. The standard InChI is InChI=1S/C5H10O2S.CH4/c1-7-8(6)4-5-2-3-5;/h5H,2-4H2,1H3;1H4. The number of rotatable bonds is 3. The quantitative estimate of drug-likeness (QED) is 0.607. The molecule has 1 saturated carbocycles. The molecule has 1 aliphatic carbocycles. The van der Waals surface area contributed by atoms with Crippen LogP contribution in [-0.2, 0) is 15.3 Å². The minimum Gasteiger partial charge on any atom is -0.294 e. The van der Waals surface area contributed by atoms with Crippen molar-refractivity contribution in [2.24, 2.45) is 5.92 Å². The van der Waals surface area contributed by atoms with E-state index in [-0.39, 0.29) is 7.43 Å². The van der Waals surface area contributed by atoms with Gasteiger partial charge in [-0.2, -0.15) is 0 Å². The molecule has 1 unspecified atom stereocenters. The van der Waals surface area contributed by atoms with Crippen molar-refractivity contribution < 1.29 is 8.39 Å². The monoisotopic (exact) mass is 150 g/mol. The van der Waals surface area contributed by atoms with Crippen LogP contribution in [0.3, 0.4) is 0 Å². The molecule has 1 atom stereocenters. The van der Waals surface area contributed by atoms with Crippen molar-refractivity contribution in [1.29, 1.82) is 0 Å². The second-order valence-corrected chi connectivity index (χ2v) is 3.35. The van der Waals surface area contributed by atoms with E-state index in [1.807, 2.05) is 0 Å². The SMILES string of the molecule is C.COS(=O)CC1CC1.